The summed E-state index contributed by atoms with van der Waals surface area (Å²) >= 11 is 0. The van der Waals surface area contributed by atoms with Gasteiger partial charge in [0.1, 0.15) is 11.9 Å². The maximum Gasteiger partial charge on any atom is 0.321 e. The molecular weight excluding hydrogens is 340 g/mol. The number of carbonyl (C=O) groups excluding carboxylic acids is 1. The number of hydrogen-bond donors (Lipinski definition) is 1. The smallest absolute Gasteiger partial charge is 0.321 e. The maximum absolute atomic E-state index is 12.6. The van der Waals surface area contributed by atoms with E-state index in [9.17, 15) is 4.79 Å². The highest BCUT2D eigenvalue weighted by molar-refractivity contribution is 5.92. The molecule has 0 spiro atoms. The third kappa shape index (κ3) is 3.74. The van der Waals surface area contributed by atoms with Gasteiger partial charge in [-0.05, 0) is 36.8 Å². The second-order valence-electron chi connectivity index (χ2n) is 7.06. The van der Waals surface area contributed by atoms with E-state index in [-0.39, 0.29) is 12.1 Å². The largest absolute Gasteiger partial charge is 0.490 e. The fraction of sp³-hybridized carbons (Fsp3) is 0.333. The first-order valence-corrected chi connectivity index (χ1v) is 9.29. The Kier molecular flexibility index (Phi) is 4.71. The lowest BCUT2D eigenvalue weighted by molar-refractivity contribution is 0.115. The summed E-state index contributed by atoms with van der Waals surface area (Å²) in [6, 6.07) is 13.8. The van der Waals surface area contributed by atoms with Crippen LogP contribution in [0.1, 0.15) is 18.4 Å². The van der Waals surface area contributed by atoms with E-state index in [4.69, 9.17) is 4.74 Å². The zero-order chi connectivity index (χ0) is 18.8. The number of aryl methyl sites for hydroxylation is 2. The van der Waals surface area contributed by atoms with Gasteiger partial charge in [0, 0.05) is 38.7 Å². The lowest BCUT2D eigenvalue weighted by Crippen LogP contribution is -2.43. The minimum atomic E-state index is -0.0698. The number of anilines is 1. The van der Waals surface area contributed by atoms with Crippen LogP contribution >= 0.6 is 0 Å². The molecule has 27 heavy (non-hydrogen) atoms. The molecule has 1 saturated heterocycles. The van der Waals surface area contributed by atoms with Gasteiger partial charge in [-0.25, -0.2) is 9.78 Å². The SMILES string of the molecule is Cc1ccccc1OC1CCN(C(=O)Nc2ccc3c(c2)ncn3C)CC1. The highest BCUT2D eigenvalue weighted by Crippen LogP contribution is 2.23. The topological polar surface area (TPSA) is 59.4 Å². The molecule has 0 saturated carbocycles. The van der Waals surface area contributed by atoms with E-state index >= 15 is 0 Å². The quantitative estimate of drug-likeness (QED) is 0.765. The molecule has 1 aliphatic heterocycles. The molecule has 4 rings (SSSR count). The average Bonchev–Trinajstić information content (AvgIpc) is 3.04. The Morgan fingerprint density at radius 3 is 2.74 bits per heavy atom. The highest BCUT2D eigenvalue weighted by atomic mass is 16.5. The lowest BCUT2D eigenvalue weighted by atomic mass is 10.1. The van der Waals surface area contributed by atoms with Crippen molar-refractivity contribution in [1.29, 1.82) is 0 Å². The van der Waals surface area contributed by atoms with E-state index in [2.05, 4.69) is 23.3 Å². The predicted octanol–water partition coefficient (Wildman–Crippen LogP) is 3.96. The van der Waals surface area contributed by atoms with Crippen molar-refractivity contribution in [2.24, 2.45) is 7.05 Å². The predicted molar refractivity (Wildman–Crippen MR) is 106 cm³/mol. The van der Waals surface area contributed by atoms with E-state index in [0.29, 0.717) is 13.1 Å². The van der Waals surface area contributed by atoms with Gasteiger partial charge in [0.05, 0.1) is 17.4 Å². The first-order valence-electron chi connectivity index (χ1n) is 9.29. The molecule has 3 aromatic rings. The molecule has 2 heterocycles. The molecular formula is C21H24N4O2. The van der Waals surface area contributed by atoms with Crippen LogP contribution in [0, 0.1) is 6.92 Å². The van der Waals surface area contributed by atoms with Crippen molar-refractivity contribution in [2.45, 2.75) is 25.9 Å². The highest BCUT2D eigenvalue weighted by Gasteiger charge is 2.24. The molecule has 2 aromatic carbocycles. The molecule has 0 aliphatic carbocycles. The second kappa shape index (κ2) is 7.31. The fourth-order valence-electron chi connectivity index (χ4n) is 3.46. The summed E-state index contributed by atoms with van der Waals surface area (Å²) in [5, 5.41) is 2.98. The van der Waals surface area contributed by atoms with Crippen LogP contribution in [0.25, 0.3) is 11.0 Å². The number of piperidine rings is 1. The van der Waals surface area contributed by atoms with Gasteiger partial charge in [-0.15, -0.1) is 0 Å². The van der Waals surface area contributed by atoms with E-state index in [0.717, 1.165) is 40.9 Å². The minimum absolute atomic E-state index is 0.0698. The van der Waals surface area contributed by atoms with Crippen LogP contribution in [0.15, 0.2) is 48.8 Å². The van der Waals surface area contributed by atoms with E-state index in [1.54, 1.807) is 6.33 Å². The second-order valence-corrected chi connectivity index (χ2v) is 7.06. The van der Waals surface area contributed by atoms with Gasteiger partial charge in [-0.2, -0.15) is 0 Å². The molecule has 1 aromatic heterocycles. The third-order valence-electron chi connectivity index (χ3n) is 5.09. The Morgan fingerprint density at radius 1 is 1.19 bits per heavy atom. The van der Waals surface area contributed by atoms with Gasteiger partial charge in [-0.3, -0.25) is 0 Å². The molecule has 1 aliphatic rings. The van der Waals surface area contributed by atoms with Crippen molar-refractivity contribution in [3.05, 3.63) is 54.4 Å². The zero-order valence-electron chi connectivity index (χ0n) is 15.7. The van der Waals surface area contributed by atoms with Crippen molar-refractivity contribution in [3.8, 4) is 5.75 Å². The van der Waals surface area contributed by atoms with Gasteiger partial charge in [0.15, 0.2) is 0 Å². The molecule has 6 heteroatoms. The zero-order valence-corrected chi connectivity index (χ0v) is 15.7. The number of benzene rings is 2. The molecule has 0 radical (unpaired) electrons. The van der Waals surface area contributed by atoms with Crippen LogP contribution in [0.3, 0.4) is 0 Å². The number of nitrogens with zero attached hydrogens (tertiary/aromatic N) is 3. The normalized spacial score (nSPS) is 15.1. The molecule has 6 nitrogen and oxygen atoms in total. The maximum atomic E-state index is 12.6. The number of carbonyl (C=O) groups is 1. The van der Waals surface area contributed by atoms with E-state index in [1.165, 1.54) is 0 Å². The molecule has 1 fully saturated rings. The average molecular weight is 364 g/mol. The van der Waals surface area contributed by atoms with Gasteiger partial charge in [0.25, 0.3) is 0 Å². The number of rotatable bonds is 3. The van der Waals surface area contributed by atoms with Crippen LogP contribution in [0.4, 0.5) is 10.5 Å². The standard InChI is InChI=1S/C21H24N4O2/c1-15-5-3-4-6-20(15)27-17-9-11-25(12-10-17)21(26)23-16-7-8-19-18(13-16)22-14-24(19)2/h3-8,13-14,17H,9-12H2,1-2H3,(H,23,26). The van der Waals surface area contributed by atoms with Crippen molar-refractivity contribution in [2.75, 3.05) is 18.4 Å². The van der Waals surface area contributed by atoms with Crippen LogP contribution < -0.4 is 10.1 Å². The fourth-order valence-corrected chi connectivity index (χ4v) is 3.46. The first-order chi connectivity index (χ1) is 13.1. The summed E-state index contributed by atoms with van der Waals surface area (Å²) in [5.41, 5.74) is 3.83. The Balaban J connectivity index is 1.33. The number of urea groups is 1. The van der Waals surface area contributed by atoms with E-state index < -0.39 is 0 Å². The van der Waals surface area contributed by atoms with Crippen molar-refractivity contribution in [1.82, 2.24) is 14.5 Å². The molecule has 0 unspecified atom stereocenters. The molecule has 0 atom stereocenters. The number of amides is 2. The number of para-hydroxylation sites is 1. The summed E-state index contributed by atoms with van der Waals surface area (Å²) in [7, 11) is 1.96. The molecule has 1 N–H and O–H groups in total. The van der Waals surface area contributed by atoms with Gasteiger partial charge >= 0.3 is 6.03 Å². The Morgan fingerprint density at radius 2 is 1.96 bits per heavy atom. The Bertz CT molecular complexity index is 958. The Labute approximate surface area is 158 Å². The number of ether oxygens (including phenoxy) is 1. The van der Waals surface area contributed by atoms with Gasteiger partial charge in [-0.1, -0.05) is 18.2 Å². The number of nitrogens with one attached hydrogen (secondary N) is 1. The van der Waals surface area contributed by atoms with Crippen molar-refractivity contribution in [3.63, 3.8) is 0 Å². The van der Waals surface area contributed by atoms with Gasteiger partial charge < -0.3 is 19.5 Å². The van der Waals surface area contributed by atoms with Crippen molar-refractivity contribution < 1.29 is 9.53 Å². The monoisotopic (exact) mass is 364 g/mol. The summed E-state index contributed by atoms with van der Waals surface area (Å²) in [6.07, 6.45) is 3.59. The van der Waals surface area contributed by atoms with Gasteiger partial charge in [0.2, 0.25) is 0 Å². The van der Waals surface area contributed by atoms with E-state index in [1.807, 2.05) is 52.9 Å². The summed E-state index contributed by atoms with van der Waals surface area (Å²) in [4.78, 5) is 18.8. The number of fused-ring (bicyclic) bond motifs is 1. The molecule has 140 valence electrons. The number of imidazole rings is 1. The lowest BCUT2D eigenvalue weighted by Gasteiger charge is -2.32. The molecule has 0 bridgehead atoms. The van der Waals surface area contributed by atoms with Crippen LogP contribution in [-0.4, -0.2) is 39.7 Å². The number of likely N-dealkylation sites (tertiary alicyclic amines) is 1. The number of aromatic nitrogens is 2. The van der Waals surface area contributed by atoms with Crippen LogP contribution in [0.2, 0.25) is 0 Å². The van der Waals surface area contributed by atoms with Crippen molar-refractivity contribution >= 4 is 22.8 Å². The summed E-state index contributed by atoms with van der Waals surface area (Å²) in [6.45, 7) is 3.43. The minimum Gasteiger partial charge on any atom is -0.490 e. The third-order valence-corrected chi connectivity index (χ3v) is 5.09. The van der Waals surface area contributed by atoms with Crippen LogP contribution in [0.5, 0.6) is 5.75 Å². The summed E-state index contributed by atoms with van der Waals surface area (Å²) < 4.78 is 8.07. The summed E-state index contributed by atoms with van der Waals surface area (Å²) in [5.74, 6) is 0.934. The first kappa shape index (κ1) is 17.4. The molecule has 2 amide bonds. The Hall–Kier alpha value is -3.02. The number of hydrogen-bond acceptors (Lipinski definition) is 3. The van der Waals surface area contributed by atoms with Crippen LogP contribution in [-0.2, 0) is 7.05 Å².